The number of nitrogens with zero attached hydrogens (tertiary/aromatic N) is 1. The van der Waals surface area contributed by atoms with Crippen LogP contribution in [0.1, 0.15) is 56.6 Å². The number of carbonyl (C=O) groups excluding carboxylic acids is 1. The molecule has 1 aliphatic carbocycles. The van der Waals surface area contributed by atoms with Gasteiger partial charge in [-0.25, -0.2) is 0 Å². The van der Waals surface area contributed by atoms with Crippen LogP contribution in [0.25, 0.3) is 0 Å². The third kappa shape index (κ3) is 2.70. The highest BCUT2D eigenvalue weighted by molar-refractivity contribution is 7.07. The van der Waals surface area contributed by atoms with Crippen LogP contribution in [-0.4, -0.2) is 22.9 Å². The molecule has 3 rings (SSSR count). The van der Waals surface area contributed by atoms with Crippen molar-refractivity contribution in [2.45, 2.75) is 56.5 Å². The van der Waals surface area contributed by atoms with Gasteiger partial charge >= 0.3 is 0 Å². The first-order valence-corrected chi connectivity index (χ1v) is 8.23. The number of likely N-dealkylation sites (tertiary alicyclic amines) is 1. The molecule has 1 saturated carbocycles. The number of rotatable bonds is 3. The molecule has 104 valence electrons. The number of hydrogen-bond acceptors (Lipinski definition) is 3. The third-order valence-electron chi connectivity index (χ3n) is 4.60. The van der Waals surface area contributed by atoms with Crippen LogP contribution in [0.5, 0.6) is 0 Å². The fourth-order valence-electron chi connectivity index (χ4n) is 3.54. The van der Waals surface area contributed by atoms with Gasteiger partial charge in [0.25, 0.3) is 0 Å². The number of hydrogen-bond donors (Lipinski definition) is 1. The first-order valence-electron chi connectivity index (χ1n) is 7.28. The Morgan fingerprint density at radius 2 is 2.21 bits per heavy atom. The average Bonchev–Trinajstić information content (AvgIpc) is 3.08. The fourth-order valence-corrected chi connectivity index (χ4v) is 4.24. The summed E-state index contributed by atoms with van der Waals surface area (Å²) in [6, 6.07) is 2.44. The summed E-state index contributed by atoms with van der Waals surface area (Å²) in [4.78, 5) is 14.6. The molecule has 1 aromatic heterocycles. The number of nitrogens with two attached hydrogens (primary N) is 1. The zero-order valence-corrected chi connectivity index (χ0v) is 12.1. The van der Waals surface area contributed by atoms with Gasteiger partial charge in [0.2, 0.25) is 5.91 Å². The lowest BCUT2D eigenvalue weighted by molar-refractivity contribution is -0.133. The smallest absolute Gasteiger partial charge is 0.224 e. The van der Waals surface area contributed by atoms with Gasteiger partial charge in [0.15, 0.2) is 0 Å². The summed E-state index contributed by atoms with van der Waals surface area (Å²) < 4.78 is 0. The molecule has 1 amide bonds. The van der Waals surface area contributed by atoms with E-state index in [9.17, 15) is 4.79 Å². The fraction of sp³-hybridized carbons (Fsp3) is 0.667. The second-order valence-electron chi connectivity index (χ2n) is 6.05. The van der Waals surface area contributed by atoms with Gasteiger partial charge in [-0.15, -0.1) is 0 Å². The van der Waals surface area contributed by atoms with Crippen molar-refractivity contribution in [3.63, 3.8) is 0 Å². The second-order valence-corrected chi connectivity index (χ2v) is 6.83. The Morgan fingerprint density at radius 1 is 1.42 bits per heavy atom. The maximum atomic E-state index is 12.6. The van der Waals surface area contributed by atoms with Gasteiger partial charge in [0, 0.05) is 18.5 Å². The molecule has 4 heteroatoms. The molecule has 2 aliphatic rings. The summed E-state index contributed by atoms with van der Waals surface area (Å²) in [6.45, 7) is 0.898. The lowest BCUT2D eigenvalue weighted by Gasteiger charge is -2.29. The Bertz CT molecular complexity index is 437. The monoisotopic (exact) mass is 278 g/mol. The van der Waals surface area contributed by atoms with Crippen molar-refractivity contribution in [3.05, 3.63) is 22.4 Å². The van der Waals surface area contributed by atoms with Gasteiger partial charge in [-0.05, 0) is 48.1 Å². The number of carbonyl (C=O) groups is 1. The molecule has 0 aromatic carbocycles. The molecule has 19 heavy (non-hydrogen) atoms. The van der Waals surface area contributed by atoms with Crippen LogP contribution in [-0.2, 0) is 4.79 Å². The predicted molar refractivity (Wildman–Crippen MR) is 78.0 cm³/mol. The Kier molecular flexibility index (Phi) is 3.63. The van der Waals surface area contributed by atoms with Crippen LogP contribution in [0.2, 0.25) is 0 Å². The van der Waals surface area contributed by atoms with E-state index in [-0.39, 0.29) is 11.4 Å². The van der Waals surface area contributed by atoms with E-state index in [1.54, 1.807) is 11.3 Å². The van der Waals surface area contributed by atoms with Crippen LogP contribution in [0.3, 0.4) is 0 Å². The number of amides is 1. The van der Waals surface area contributed by atoms with Crippen molar-refractivity contribution in [2.75, 3.05) is 6.54 Å². The maximum Gasteiger partial charge on any atom is 0.224 e. The van der Waals surface area contributed by atoms with E-state index in [1.165, 1.54) is 18.4 Å². The van der Waals surface area contributed by atoms with Gasteiger partial charge in [-0.2, -0.15) is 11.3 Å². The van der Waals surface area contributed by atoms with Crippen molar-refractivity contribution < 1.29 is 4.79 Å². The molecule has 0 radical (unpaired) electrons. The molecule has 2 heterocycles. The Balaban J connectivity index is 1.69. The van der Waals surface area contributed by atoms with E-state index in [4.69, 9.17) is 5.73 Å². The van der Waals surface area contributed by atoms with Gasteiger partial charge in [0.1, 0.15) is 0 Å². The van der Waals surface area contributed by atoms with Crippen LogP contribution in [0, 0.1) is 0 Å². The predicted octanol–water partition coefficient (Wildman–Crippen LogP) is 3.07. The molecule has 3 nitrogen and oxygen atoms in total. The second kappa shape index (κ2) is 5.25. The van der Waals surface area contributed by atoms with Gasteiger partial charge in [-0.3, -0.25) is 4.79 Å². The van der Waals surface area contributed by atoms with Gasteiger partial charge in [0.05, 0.1) is 6.04 Å². The van der Waals surface area contributed by atoms with E-state index in [1.807, 2.05) is 0 Å². The molecule has 1 unspecified atom stereocenters. The maximum absolute atomic E-state index is 12.6. The van der Waals surface area contributed by atoms with E-state index in [0.29, 0.717) is 12.5 Å². The van der Waals surface area contributed by atoms with E-state index >= 15 is 0 Å². The molecule has 1 atom stereocenters. The Labute approximate surface area is 118 Å². The summed E-state index contributed by atoms with van der Waals surface area (Å²) in [5.74, 6) is 0.262. The first-order chi connectivity index (χ1) is 9.18. The Hall–Kier alpha value is -0.870. The number of thiophene rings is 1. The Morgan fingerprint density at radius 3 is 2.89 bits per heavy atom. The molecular weight excluding hydrogens is 256 g/mol. The van der Waals surface area contributed by atoms with Crippen molar-refractivity contribution >= 4 is 17.2 Å². The first kappa shape index (κ1) is 13.1. The lowest BCUT2D eigenvalue weighted by Crippen LogP contribution is -2.43. The summed E-state index contributed by atoms with van der Waals surface area (Å²) >= 11 is 1.71. The summed E-state index contributed by atoms with van der Waals surface area (Å²) in [5, 5.41) is 4.27. The standard InChI is InChI=1S/C15H22N2OS/c16-15(6-1-2-7-15)10-14(18)17-8-3-4-13(17)12-5-9-19-11-12/h5,9,11,13H,1-4,6-8,10,16H2. The van der Waals surface area contributed by atoms with Crippen molar-refractivity contribution in [1.29, 1.82) is 0 Å². The average molecular weight is 278 g/mol. The molecule has 1 saturated heterocycles. The van der Waals surface area contributed by atoms with Gasteiger partial charge in [-0.1, -0.05) is 12.8 Å². The van der Waals surface area contributed by atoms with E-state index in [0.717, 1.165) is 32.2 Å². The van der Waals surface area contributed by atoms with Gasteiger partial charge < -0.3 is 10.6 Å². The minimum atomic E-state index is -0.223. The minimum Gasteiger partial charge on any atom is -0.336 e. The lowest BCUT2D eigenvalue weighted by atomic mass is 9.93. The van der Waals surface area contributed by atoms with Crippen molar-refractivity contribution in [3.8, 4) is 0 Å². The van der Waals surface area contributed by atoms with Crippen LogP contribution >= 0.6 is 11.3 Å². The quantitative estimate of drug-likeness (QED) is 0.923. The molecule has 1 aromatic rings. The van der Waals surface area contributed by atoms with Crippen LogP contribution in [0.4, 0.5) is 0 Å². The van der Waals surface area contributed by atoms with E-state index < -0.39 is 0 Å². The minimum absolute atomic E-state index is 0.223. The highest BCUT2D eigenvalue weighted by atomic mass is 32.1. The molecule has 1 aliphatic heterocycles. The molecule has 2 fully saturated rings. The van der Waals surface area contributed by atoms with Crippen molar-refractivity contribution in [2.24, 2.45) is 5.73 Å². The van der Waals surface area contributed by atoms with E-state index in [2.05, 4.69) is 21.7 Å². The zero-order valence-electron chi connectivity index (χ0n) is 11.3. The van der Waals surface area contributed by atoms with Crippen LogP contribution in [0.15, 0.2) is 16.8 Å². The molecule has 0 bridgehead atoms. The molecule has 2 N–H and O–H groups in total. The molecule has 0 spiro atoms. The summed E-state index contributed by atoms with van der Waals surface area (Å²) in [5.41, 5.74) is 7.42. The largest absolute Gasteiger partial charge is 0.336 e. The topological polar surface area (TPSA) is 46.3 Å². The highest BCUT2D eigenvalue weighted by Crippen LogP contribution is 2.36. The normalized spacial score (nSPS) is 25.9. The van der Waals surface area contributed by atoms with Crippen LogP contribution < -0.4 is 5.73 Å². The zero-order chi connectivity index (χ0) is 13.3. The third-order valence-corrected chi connectivity index (χ3v) is 5.31. The highest BCUT2D eigenvalue weighted by Gasteiger charge is 2.36. The van der Waals surface area contributed by atoms with Crippen molar-refractivity contribution in [1.82, 2.24) is 4.90 Å². The SMILES string of the molecule is NC1(CC(=O)N2CCCC2c2ccsc2)CCCC1. The summed E-state index contributed by atoms with van der Waals surface area (Å²) in [7, 11) is 0. The molecular formula is C15H22N2OS. The summed E-state index contributed by atoms with van der Waals surface area (Å²) in [6.07, 6.45) is 7.12.